The zero-order chi connectivity index (χ0) is 17.4. The molecule has 1 aromatic heterocycles. The summed E-state index contributed by atoms with van der Waals surface area (Å²) in [7, 11) is 3.90. The molecule has 0 unspecified atom stereocenters. The number of amides is 1. The highest BCUT2D eigenvalue weighted by Crippen LogP contribution is 2.26. The van der Waals surface area contributed by atoms with Gasteiger partial charge in [0.05, 0.1) is 24.7 Å². The molecule has 0 saturated carbocycles. The molecule has 0 bridgehead atoms. The Morgan fingerprint density at radius 2 is 2.00 bits per heavy atom. The normalized spacial score (nSPS) is 10.5. The Balaban J connectivity index is 1.98. The van der Waals surface area contributed by atoms with Crippen LogP contribution in [0.4, 0.5) is 11.5 Å². The average Bonchev–Trinajstić information content (AvgIpc) is 2.57. The van der Waals surface area contributed by atoms with E-state index in [1.807, 2.05) is 50.2 Å². The minimum absolute atomic E-state index is 0.231. The van der Waals surface area contributed by atoms with Crippen molar-refractivity contribution in [2.75, 3.05) is 39.1 Å². The van der Waals surface area contributed by atoms with Crippen molar-refractivity contribution in [1.29, 1.82) is 0 Å². The van der Waals surface area contributed by atoms with Gasteiger partial charge in [0.2, 0.25) is 0 Å². The van der Waals surface area contributed by atoms with Crippen molar-refractivity contribution in [2.24, 2.45) is 0 Å². The third-order valence-electron chi connectivity index (χ3n) is 3.18. The van der Waals surface area contributed by atoms with E-state index in [1.165, 1.54) is 12.4 Å². The van der Waals surface area contributed by atoms with Gasteiger partial charge in [-0.25, -0.2) is 9.97 Å². The number of carbonyl (C=O) groups excluding carboxylic acids is 1. The molecule has 7 nitrogen and oxygen atoms in total. The first-order valence-corrected chi connectivity index (χ1v) is 7.84. The number of benzene rings is 1. The van der Waals surface area contributed by atoms with Gasteiger partial charge in [-0.2, -0.15) is 0 Å². The van der Waals surface area contributed by atoms with Crippen molar-refractivity contribution < 1.29 is 9.53 Å². The molecule has 0 spiro atoms. The Kier molecular flexibility index (Phi) is 6.51. The summed E-state index contributed by atoms with van der Waals surface area (Å²) < 4.78 is 5.56. The van der Waals surface area contributed by atoms with Gasteiger partial charge in [0, 0.05) is 13.1 Å². The van der Waals surface area contributed by atoms with Gasteiger partial charge in [-0.1, -0.05) is 12.1 Å². The number of carbonyl (C=O) groups is 1. The number of ether oxygens (including phenoxy) is 1. The Bertz CT molecular complexity index is 658. The van der Waals surface area contributed by atoms with Gasteiger partial charge in [0.25, 0.3) is 5.91 Å². The highest BCUT2D eigenvalue weighted by molar-refractivity contribution is 5.92. The second-order valence-electron chi connectivity index (χ2n) is 5.40. The Morgan fingerprint density at radius 3 is 2.67 bits per heavy atom. The van der Waals surface area contributed by atoms with E-state index in [9.17, 15) is 4.79 Å². The molecule has 0 saturated heterocycles. The first-order valence-electron chi connectivity index (χ1n) is 7.84. The van der Waals surface area contributed by atoms with Gasteiger partial charge in [-0.3, -0.25) is 4.79 Å². The van der Waals surface area contributed by atoms with E-state index in [1.54, 1.807) is 0 Å². The van der Waals surface area contributed by atoms with Crippen molar-refractivity contribution in [2.45, 2.75) is 6.92 Å². The quantitative estimate of drug-likeness (QED) is 0.770. The molecule has 0 radical (unpaired) electrons. The van der Waals surface area contributed by atoms with Crippen LogP contribution in [0.15, 0.2) is 36.7 Å². The summed E-state index contributed by atoms with van der Waals surface area (Å²) in [6, 6.07) is 7.59. The Labute approximate surface area is 142 Å². The Hall–Kier alpha value is -2.67. The number of para-hydroxylation sites is 2. The molecule has 1 aromatic carbocycles. The van der Waals surface area contributed by atoms with Gasteiger partial charge in [-0.05, 0) is 33.2 Å². The van der Waals surface area contributed by atoms with Gasteiger partial charge in [0.15, 0.2) is 0 Å². The molecule has 2 N–H and O–H groups in total. The van der Waals surface area contributed by atoms with Crippen LogP contribution < -0.4 is 15.4 Å². The number of nitrogens with zero attached hydrogens (tertiary/aromatic N) is 3. The molecule has 0 fully saturated rings. The summed E-state index contributed by atoms with van der Waals surface area (Å²) in [4.78, 5) is 22.4. The van der Waals surface area contributed by atoms with E-state index in [-0.39, 0.29) is 11.6 Å². The van der Waals surface area contributed by atoms with Crippen LogP contribution in [0.1, 0.15) is 17.4 Å². The molecule has 0 aliphatic carbocycles. The van der Waals surface area contributed by atoms with Gasteiger partial charge in [-0.15, -0.1) is 0 Å². The lowest BCUT2D eigenvalue weighted by atomic mass is 10.3. The van der Waals surface area contributed by atoms with E-state index in [0.29, 0.717) is 19.0 Å². The first kappa shape index (κ1) is 17.7. The molecule has 1 heterocycles. The second-order valence-corrected chi connectivity index (χ2v) is 5.40. The average molecular weight is 329 g/mol. The molecule has 2 rings (SSSR count). The predicted molar refractivity (Wildman–Crippen MR) is 93.8 cm³/mol. The van der Waals surface area contributed by atoms with E-state index < -0.39 is 0 Å². The van der Waals surface area contributed by atoms with E-state index in [4.69, 9.17) is 4.74 Å². The lowest BCUT2D eigenvalue weighted by molar-refractivity contribution is 0.0945. The van der Waals surface area contributed by atoms with Crippen LogP contribution >= 0.6 is 0 Å². The smallest absolute Gasteiger partial charge is 0.271 e. The zero-order valence-corrected chi connectivity index (χ0v) is 14.2. The zero-order valence-electron chi connectivity index (χ0n) is 14.2. The van der Waals surface area contributed by atoms with Crippen LogP contribution in [0, 0.1) is 0 Å². The molecule has 0 atom stereocenters. The van der Waals surface area contributed by atoms with Crippen LogP contribution in [0.5, 0.6) is 5.75 Å². The summed E-state index contributed by atoms with van der Waals surface area (Å²) in [5, 5.41) is 5.95. The maximum Gasteiger partial charge on any atom is 0.271 e. The lowest BCUT2D eigenvalue weighted by Crippen LogP contribution is -2.31. The van der Waals surface area contributed by atoms with E-state index in [2.05, 4.69) is 20.6 Å². The number of hydrogen-bond acceptors (Lipinski definition) is 6. The number of anilines is 2. The minimum atomic E-state index is -0.231. The fourth-order valence-corrected chi connectivity index (χ4v) is 1.98. The maximum atomic E-state index is 12.0. The molecule has 7 heteroatoms. The minimum Gasteiger partial charge on any atom is -0.492 e. The summed E-state index contributed by atoms with van der Waals surface area (Å²) in [5.74, 6) is 1.06. The number of hydrogen-bond donors (Lipinski definition) is 2. The monoisotopic (exact) mass is 329 g/mol. The first-order chi connectivity index (χ1) is 11.6. The number of likely N-dealkylation sites (N-methyl/N-ethyl adjacent to an activating group) is 1. The Morgan fingerprint density at radius 1 is 1.21 bits per heavy atom. The van der Waals surface area contributed by atoms with Crippen molar-refractivity contribution in [3.05, 3.63) is 42.4 Å². The molecule has 2 aromatic rings. The van der Waals surface area contributed by atoms with Crippen LogP contribution in [0.2, 0.25) is 0 Å². The summed E-state index contributed by atoms with van der Waals surface area (Å²) >= 11 is 0. The van der Waals surface area contributed by atoms with Gasteiger partial charge in [0.1, 0.15) is 17.3 Å². The largest absolute Gasteiger partial charge is 0.492 e. The van der Waals surface area contributed by atoms with Crippen molar-refractivity contribution >= 4 is 17.4 Å². The van der Waals surface area contributed by atoms with Crippen molar-refractivity contribution in [1.82, 2.24) is 20.2 Å². The fraction of sp³-hybridized carbons (Fsp3) is 0.353. The second kappa shape index (κ2) is 8.83. The number of aromatic nitrogens is 2. The van der Waals surface area contributed by atoms with Crippen molar-refractivity contribution in [3.8, 4) is 5.75 Å². The fourth-order valence-electron chi connectivity index (χ4n) is 1.98. The summed E-state index contributed by atoms with van der Waals surface area (Å²) in [6.07, 6.45) is 2.99. The van der Waals surface area contributed by atoms with Crippen molar-refractivity contribution in [3.63, 3.8) is 0 Å². The molecule has 1 amide bonds. The van der Waals surface area contributed by atoms with E-state index >= 15 is 0 Å². The van der Waals surface area contributed by atoms with Gasteiger partial charge >= 0.3 is 0 Å². The van der Waals surface area contributed by atoms with Crippen LogP contribution in [0.3, 0.4) is 0 Å². The van der Waals surface area contributed by atoms with Crippen LogP contribution in [0.25, 0.3) is 0 Å². The van der Waals surface area contributed by atoms with E-state index in [0.717, 1.165) is 18.0 Å². The third-order valence-corrected chi connectivity index (χ3v) is 3.18. The highest BCUT2D eigenvalue weighted by atomic mass is 16.5. The summed E-state index contributed by atoms with van der Waals surface area (Å²) in [5.41, 5.74) is 1.09. The highest BCUT2D eigenvalue weighted by Gasteiger charge is 2.09. The molecule has 24 heavy (non-hydrogen) atoms. The number of rotatable bonds is 8. The van der Waals surface area contributed by atoms with Gasteiger partial charge < -0.3 is 20.3 Å². The SMILES string of the molecule is CCOc1ccccc1Nc1cnc(C(=O)NCCN(C)C)cn1. The molecular formula is C17H23N5O2. The lowest BCUT2D eigenvalue weighted by Gasteiger charge is -2.12. The maximum absolute atomic E-state index is 12.0. The third kappa shape index (κ3) is 5.20. The molecule has 128 valence electrons. The predicted octanol–water partition coefficient (Wildman–Crippen LogP) is 1.91. The standard InChI is InChI=1S/C17H23N5O2/c1-4-24-15-8-6-5-7-13(15)21-16-12-19-14(11-20-16)17(23)18-9-10-22(2)3/h5-8,11-12H,4,9-10H2,1-3H3,(H,18,23)(H,20,21). The topological polar surface area (TPSA) is 79.4 Å². The number of nitrogens with one attached hydrogen (secondary N) is 2. The molecule has 0 aliphatic heterocycles. The van der Waals surface area contributed by atoms with Crippen LogP contribution in [-0.4, -0.2) is 54.6 Å². The van der Waals surface area contributed by atoms with Crippen LogP contribution in [-0.2, 0) is 0 Å². The molecule has 0 aliphatic rings. The summed E-state index contributed by atoms with van der Waals surface area (Å²) in [6.45, 7) is 3.85. The molecular weight excluding hydrogens is 306 g/mol.